The van der Waals surface area contributed by atoms with Crippen molar-refractivity contribution in [3.63, 3.8) is 0 Å². The highest BCUT2D eigenvalue weighted by Crippen LogP contribution is 2.64. The van der Waals surface area contributed by atoms with Crippen molar-refractivity contribution in [3.8, 4) is 6.07 Å². The third-order valence-electron chi connectivity index (χ3n) is 8.53. The Labute approximate surface area is 193 Å². The van der Waals surface area contributed by atoms with E-state index in [2.05, 4.69) is 72.6 Å². The molecule has 3 aliphatic carbocycles. The third-order valence-corrected chi connectivity index (χ3v) is 8.53. The van der Waals surface area contributed by atoms with Gasteiger partial charge < -0.3 is 5.73 Å². The molecular weight excluding hydrogens is 388 g/mol. The van der Waals surface area contributed by atoms with E-state index in [4.69, 9.17) is 5.73 Å². The smallest absolute Gasteiger partial charge is 0.107 e. The molecule has 0 spiro atoms. The van der Waals surface area contributed by atoms with Gasteiger partial charge in [0.15, 0.2) is 0 Å². The van der Waals surface area contributed by atoms with Crippen molar-refractivity contribution < 1.29 is 0 Å². The molecule has 32 heavy (non-hydrogen) atoms. The van der Waals surface area contributed by atoms with Gasteiger partial charge in [-0.1, -0.05) is 50.8 Å². The Balaban J connectivity index is 2.03. The van der Waals surface area contributed by atoms with Gasteiger partial charge in [0.25, 0.3) is 0 Å². The highest BCUT2D eigenvalue weighted by atomic mass is 14.6. The minimum absolute atomic E-state index is 0.204. The van der Waals surface area contributed by atoms with Crippen LogP contribution in [-0.4, -0.2) is 0 Å². The molecule has 2 heteroatoms. The van der Waals surface area contributed by atoms with Crippen molar-refractivity contribution in [2.24, 2.45) is 23.0 Å². The molecule has 1 aromatic carbocycles. The van der Waals surface area contributed by atoms with E-state index in [9.17, 15) is 5.26 Å². The molecule has 1 aromatic rings. The fourth-order valence-corrected chi connectivity index (χ4v) is 7.26. The lowest BCUT2D eigenvalue weighted by molar-refractivity contribution is 0.223. The topological polar surface area (TPSA) is 49.8 Å². The highest BCUT2D eigenvalue weighted by Gasteiger charge is 2.55. The van der Waals surface area contributed by atoms with Crippen molar-refractivity contribution in [1.29, 1.82) is 5.26 Å². The Morgan fingerprint density at radius 2 is 1.84 bits per heavy atom. The van der Waals surface area contributed by atoms with Crippen molar-refractivity contribution in [1.82, 2.24) is 0 Å². The van der Waals surface area contributed by atoms with Gasteiger partial charge in [-0.25, -0.2) is 0 Å². The number of benzene rings is 1. The van der Waals surface area contributed by atoms with Crippen molar-refractivity contribution in [2.75, 3.05) is 0 Å². The fraction of sp³-hybridized carbons (Fsp3) is 0.433. The molecule has 1 unspecified atom stereocenters. The van der Waals surface area contributed by atoms with E-state index in [1.54, 1.807) is 0 Å². The van der Waals surface area contributed by atoms with Crippen LogP contribution in [0.3, 0.4) is 0 Å². The van der Waals surface area contributed by atoms with Gasteiger partial charge in [-0.3, -0.25) is 0 Å². The predicted molar refractivity (Wildman–Crippen MR) is 135 cm³/mol. The van der Waals surface area contributed by atoms with Gasteiger partial charge >= 0.3 is 0 Å². The summed E-state index contributed by atoms with van der Waals surface area (Å²) in [5.41, 5.74) is 17.9. The lowest BCUT2D eigenvalue weighted by Gasteiger charge is -2.53. The summed E-state index contributed by atoms with van der Waals surface area (Å²) in [4.78, 5) is 0. The molecule has 0 saturated carbocycles. The number of fused-ring (bicyclic) bond motifs is 3. The average molecular weight is 425 g/mol. The summed E-state index contributed by atoms with van der Waals surface area (Å²) in [5.74, 6) is 1.06. The van der Waals surface area contributed by atoms with Crippen LogP contribution in [0.1, 0.15) is 74.6 Å². The first-order valence-electron chi connectivity index (χ1n) is 11.9. The summed E-state index contributed by atoms with van der Waals surface area (Å²) in [6.07, 6.45) is 4.14. The first kappa shape index (κ1) is 22.4. The molecule has 2 nitrogen and oxygen atoms in total. The molecule has 0 saturated heterocycles. The minimum Gasteiger partial charge on any atom is -0.399 e. The molecule has 0 radical (unpaired) electrons. The summed E-state index contributed by atoms with van der Waals surface area (Å²) in [6.45, 7) is 24.1. The van der Waals surface area contributed by atoms with Crippen LogP contribution >= 0.6 is 0 Å². The quantitative estimate of drug-likeness (QED) is 0.548. The van der Waals surface area contributed by atoms with Gasteiger partial charge in [-0.2, -0.15) is 5.26 Å². The standard InChI is InChI=1S/C30H36N2/c1-9-10-24-25-14-23-13-18(4)27(22(8)32)20(6)30(23,15-31)21(7)29(25)19(5)26-16(2)11-12-17(3)28(24)26/h11-12,23-25H,5-6,8-10,13-14,32H2,1-4,7H3/t23-,24+,25?,30+/m1/s1. The Kier molecular flexibility index (Phi) is 5.36. The van der Waals surface area contributed by atoms with E-state index in [0.717, 1.165) is 48.0 Å². The number of aryl methyl sites for hydroxylation is 2. The third kappa shape index (κ3) is 2.77. The number of allylic oxidation sites excluding steroid dienone is 5. The summed E-state index contributed by atoms with van der Waals surface area (Å²) in [7, 11) is 0. The second kappa shape index (κ2) is 7.66. The number of nitrogens with two attached hydrogens (primary N) is 1. The first-order valence-corrected chi connectivity index (χ1v) is 11.9. The number of hydrogen-bond donors (Lipinski definition) is 1. The number of nitrogens with zero attached hydrogens (tertiary/aromatic N) is 1. The summed E-state index contributed by atoms with van der Waals surface area (Å²) >= 11 is 0. The molecular formula is C30H36N2. The van der Waals surface area contributed by atoms with Gasteiger partial charge in [-0.15, -0.1) is 0 Å². The molecule has 0 bridgehead atoms. The molecule has 3 aliphatic rings. The predicted octanol–water partition coefficient (Wildman–Crippen LogP) is 7.43. The van der Waals surface area contributed by atoms with E-state index in [1.807, 2.05) is 0 Å². The SMILES string of the molecule is C=C(N)C1=C(C)C[C@@H]2CC3C(=C(C)[C@]2(C#N)C1=C)C(=C)c1c(C)ccc(C)c1[C@H]3CCC. The van der Waals surface area contributed by atoms with Gasteiger partial charge in [0, 0.05) is 11.3 Å². The van der Waals surface area contributed by atoms with Crippen molar-refractivity contribution in [2.45, 2.75) is 66.2 Å². The Morgan fingerprint density at radius 1 is 1.19 bits per heavy atom. The van der Waals surface area contributed by atoms with Crippen molar-refractivity contribution >= 4 is 5.57 Å². The molecule has 0 fully saturated rings. The first-order chi connectivity index (χ1) is 15.1. The molecule has 0 amide bonds. The zero-order chi connectivity index (χ0) is 23.5. The zero-order valence-corrected chi connectivity index (χ0v) is 20.4. The van der Waals surface area contributed by atoms with Crippen LogP contribution < -0.4 is 5.73 Å². The lowest BCUT2D eigenvalue weighted by atomic mass is 9.49. The van der Waals surface area contributed by atoms with Crippen LogP contribution in [0.4, 0.5) is 0 Å². The Morgan fingerprint density at radius 3 is 2.44 bits per heavy atom. The van der Waals surface area contributed by atoms with Gasteiger partial charge in [-0.05, 0) is 109 Å². The Bertz CT molecular complexity index is 1170. The van der Waals surface area contributed by atoms with E-state index in [-0.39, 0.29) is 5.92 Å². The maximum atomic E-state index is 10.7. The van der Waals surface area contributed by atoms with Gasteiger partial charge in [0.1, 0.15) is 5.41 Å². The number of rotatable bonds is 3. The van der Waals surface area contributed by atoms with E-state index in [1.165, 1.54) is 33.4 Å². The van der Waals surface area contributed by atoms with E-state index >= 15 is 0 Å². The maximum absolute atomic E-state index is 10.7. The second-order valence-electron chi connectivity index (χ2n) is 10.2. The molecule has 166 valence electrons. The van der Waals surface area contributed by atoms with Crippen LogP contribution in [0, 0.1) is 42.4 Å². The highest BCUT2D eigenvalue weighted by molar-refractivity contribution is 5.87. The summed E-state index contributed by atoms with van der Waals surface area (Å²) in [5, 5.41) is 10.7. The molecule has 4 atom stereocenters. The maximum Gasteiger partial charge on any atom is 0.107 e. The largest absolute Gasteiger partial charge is 0.399 e. The van der Waals surface area contributed by atoms with Crippen LogP contribution in [-0.2, 0) is 0 Å². The van der Waals surface area contributed by atoms with E-state index < -0.39 is 5.41 Å². The van der Waals surface area contributed by atoms with Crippen LogP contribution in [0.5, 0.6) is 0 Å². The molecule has 4 rings (SSSR count). The van der Waals surface area contributed by atoms with Gasteiger partial charge in [0.2, 0.25) is 0 Å². The molecule has 0 aliphatic heterocycles. The molecule has 0 aromatic heterocycles. The second-order valence-corrected chi connectivity index (χ2v) is 10.2. The lowest BCUT2D eigenvalue weighted by Crippen LogP contribution is -2.44. The summed E-state index contributed by atoms with van der Waals surface area (Å²) < 4.78 is 0. The zero-order valence-electron chi connectivity index (χ0n) is 20.4. The summed E-state index contributed by atoms with van der Waals surface area (Å²) in [6, 6.07) is 7.23. The van der Waals surface area contributed by atoms with E-state index in [0.29, 0.717) is 17.5 Å². The van der Waals surface area contributed by atoms with Crippen molar-refractivity contribution in [3.05, 3.63) is 87.7 Å². The Hall–Kier alpha value is -2.79. The number of nitriles is 1. The van der Waals surface area contributed by atoms with Crippen LogP contribution in [0.25, 0.3) is 5.57 Å². The normalized spacial score (nSPS) is 29.3. The van der Waals surface area contributed by atoms with Crippen LogP contribution in [0.2, 0.25) is 0 Å². The average Bonchev–Trinajstić information content (AvgIpc) is 2.72. The minimum atomic E-state index is -0.738. The number of hydrogen-bond acceptors (Lipinski definition) is 2. The fourth-order valence-electron chi connectivity index (χ4n) is 7.26. The van der Waals surface area contributed by atoms with Gasteiger partial charge in [0.05, 0.1) is 6.07 Å². The molecule has 2 N–H and O–H groups in total. The van der Waals surface area contributed by atoms with Crippen LogP contribution in [0.15, 0.2) is 65.4 Å². The monoisotopic (exact) mass is 424 g/mol. The molecule has 0 heterocycles.